The van der Waals surface area contributed by atoms with Gasteiger partial charge in [0.25, 0.3) is 10.0 Å². The van der Waals surface area contributed by atoms with Crippen LogP contribution in [-0.2, 0) is 14.8 Å². The molecular formula is C14H11ClN2O4S. The van der Waals surface area contributed by atoms with Crippen LogP contribution in [0.25, 0.3) is 0 Å². The summed E-state index contributed by atoms with van der Waals surface area (Å²) in [6.45, 7) is 0.249. The lowest BCUT2D eigenvalue weighted by atomic mass is 10.1. The second-order valence-corrected chi connectivity index (χ2v) is 6.85. The average Bonchev–Trinajstić information content (AvgIpc) is 2.45. The highest BCUT2D eigenvalue weighted by molar-refractivity contribution is 7.90. The van der Waals surface area contributed by atoms with Gasteiger partial charge in [0.2, 0.25) is 0 Å². The van der Waals surface area contributed by atoms with E-state index in [0.29, 0.717) is 5.02 Å². The monoisotopic (exact) mass is 338 g/mol. The number of amidine groups is 1. The van der Waals surface area contributed by atoms with E-state index in [2.05, 4.69) is 4.40 Å². The Labute approximate surface area is 132 Å². The Kier molecular flexibility index (Phi) is 3.76. The van der Waals surface area contributed by atoms with Gasteiger partial charge in [-0.1, -0.05) is 17.7 Å². The Balaban J connectivity index is 1.90. The zero-order valence-electron chi connectivity index (χ0n) is 11.3. The van der Waals surface area contributed by atoms with Crippen LogP contribution in [0, 0.1) is 0 Å². The molecule has 2 aliphatic rings. The number of fused-ring (bicyclic) bond motifs is 1. The number of allylic oxidation sites excluding steroid dienone is 2. The third kappa shape index (κ3) is 3.05. The highest BCUT2D eigenvalue weighted by Gasteiger charge is 2.30. The molecule has 114 valence electrons. The average molecular weight is 339 g/mol. The molecule has 1 aromatic rings. The van der Waals surface area contributed by atoms with Crippen molar-refractivity contribution < 1.29 is 17.9 Å². The number of esters is 1. The van der Waals surface area contributed by atoms with Crippen LogP contribution in [0.5, 0.6) is 5.75 Å². The molecule has 2 aliphatic heterocycles. The highest BCUT2D eigenvalue weighted by atomic mass is 35.5. The van der Waals surface area contributed by atoms with Gasteiger partial charge in [-0.2, -0.15) is 0 Å². The fourth-order valence-corrected chi connectivity index (χ4v) is 3.23. The van der Waals surface area contributed by atoms with E-state index in [0.717, 1.165) is 0 Å². The maximum atomic E-state index is 12.3. The molecule has 8 heteroatoms. The summed E-state index contributed by atoms with van der Waals surface area (Å²) in [6, 6.07) is 6.38. The first-order valence-corrected chi connectivity index (χ1v) is 8.39. The summed E-state index contributed by atoms with van der Waals surface area (Å²) in [7, 11) is -3.56. The SMILES string of the molecule is O=C(Oc1cccc(Cl)c1)C1=CC=CN2CCS(=O)(=O)N=C12. The van der Waals surface area contributed by atoms with Crippen molar-refractivity contribution in [3.8, 4) is 5.75 Å². The minimum atomic E-state index is -3.56. The predicted molar refractivity (Wildman–Crippen MR) is 82.2 cm³/mol. The zero-order valence-corrected chi connectivity index (χ0v) is 12.8. The molecule has 0 N–H and O–H groups in total. The van der Waals surface area contributed by atoms with E-state index in [-0.39, 0.29) is 29.5 Å². The molecule has 0 aliphatic carbocycles. The summed E-state index contributed by atoms with van der Waals surface area (Å²) in [6.07, 6.45) is 4.79. The first-order chi connectivity index (χ1) is 10.4. The molecule has 0 saturated heterocycles. The Morgan fingerprint density at radius 1 is 1.36 bits per heavy atom. The second-order valence-electron chi connectivity index (χ2n) is 4.66. The van der Waals surface area contributed by atoms with Crippen LogP contribution in [0.15, 0.2) is 52.6 Å². The molecule has 0 amide bonds. The van der Waals surface area contributed by atoms with E-state index in [4.69, 9.17) is 16.3 Å². The lowest BCUT2D eigenvalue weighted by Crippen LogP contribution is -2.40. The summed E-state index contributed by atoms with van der Waals surface area (Å²) < 4.78 is 32.2. The van der Waals surface area contributed by atoms with Crippen molar-refractivity contribution in [3.63, 3.8) is 0 Å². The summed E-state index contributed by atoms with van der Waals surface area (Å²) in [4.78, 5) is 13.9. The van der Waals surface area contributed by atoms with Gasteiger partial charge in [-0.15, -0.1) is 4.40 Å². The van der Waals surface area contributed by atoms with Crippen molar-refractivity contribution >= 4 is 33.4 Å². The van der Waals surface area contributed by atoms with Gasteiger partial charge in [0.15, 0.2) is 5.84 Å². The molecule has 0 bridgehead atoms. The van der Waals surface area contributed by atoms with Crippen molar-refractivity contribution in [3.05, 3.63) is 53.2 Å². The van der Waals surface area contributed by atoms with Gasteiger partial charge in [0.1, 0.15) is 11.3 Å². The minimum absolute atomic E-state index is 0.0841. The predicted octanol–water partition coefficient (Wildman–Crippen LogP) is 1.74. The van der Waals surface area contributed by atoms with Crippen molar-refractivity contribution in [2.75, 3.05) is 12.3 Å². The second kappa shape index (κ2) is 5.58. The van der Waals surface area contributed by atoms with Crippen LogP contribution in [0.2, 0.25) is 5.02 Å². The van der Waals surface area contributed by atoms with E-state index >= 15 is 0 Å². The summed E-state index contributed by atoms with van der Waals surface area (Å²) >= 11 is 5.83. The summed E-state index contributed by atoms with van der Waals surface area (Å²) in [5.74, 6) is -0.413. The highest BCUT2D eigenvalue weighted by Crippen LogP contribution is 2.22. The number of ether oxygens (including phenoxy) is 1. The lowest BCUT2D eigenvalue weighted by Gasteiger charge is -2.28. The van der Waals surface area contributed by atoms with Gasteiger partial charge in [-0.25, -0.2) is 13.2 Å². The third-order valence-electron chi connectivity index (χ3n) is 3.08. The Hall–Kier alpha value is -2.12. The van der Waals surface area contributed by atoms with Crippen LogP contribution >= 0.6 is 11.6 Å². The molecule has 1 aromatic carbocycles. The van der Waals surface area contributed by atoms with Gasteiger partial charge in [0.05, 0.1) is 5.75 Å². The molecule has 0 fully saturated rings. The van der Waals surface area contributed by atoms with Gasteiger partial charge in [-0.3, -0.25) is 0 Å². The standard InChI is InChI=1S/C14H11ClN2O4S/c15-10-3-1-4-11(9-10)21-14(18)12-5-2-6-17-7-8-22(19,20)16-13(12)17/h1-6,9H,7-8H2. The van der Waals surface area contributed by atoms with Gasteiger partial charge >= 0.3 is 5.97 Å². The van der Waals surface area contributed by atoms with E-state index in [9.17, 15) is 13.2 Å². The van der Waals surface area contributed by atoms with Gasteiger partial charge in [0, 0.05) is 17.8 Å². The Morgan fingerprint density at radius 3 is 2.95 bits per heavy atom. The van der Waals surface area contributed by atoms with E-state index in [1.807, 2.05) is 0 Å². The zero-order chi connectivity index (χ0) is 15.7. The van der Waals surface area contributed by atoms with Crippen molar-refractivity contribution in [1.82, 2.24) is 4.90 Å². The quantitative estimate of drug-likeness (QED) is 0.606. The molecular weight excluding hydrogens is 328 g/mol. The number of hydrogen-bond acceptors (Lipinski definition) is 5. The van der Waals surface area contributed by atoms with Crippen LogP contribution in [0.1, 0.15) is 0 Å². The normalized spacial score (nSPS) is 19.0. The topological polar surface area (TPSA) is 76.0 Å². The molecule has 6 nitrogen and oxygen atoms in total. The number of carbonyl (C=O) groups is 1. The molecule has 2 heterocycles. The van der Waals surface area contributed by atoms with E-state index in [1.54, 1.807) is 35.4 Å². The number of hydrogen-bond donors (Lipinski definition) is 0. The van der Waals surface area contributed by atoms with E-state index < -0.39 is 16.0 Å². The Bertz CT molecular complexity index is 827. The lowest BCUT2D eigenvalue weighted by molar-refractivity contribution is -0.129. The number of rotatable bonds is 2. The molecule has 0 unspecified atom stereocenters. The van der Waals surface area contributed by atoms with Crippen molar-refractivity contribution in [2.45, 2.75) is 0 Å². The van der Waals surface area contributed by atoms with Crippen LogP contribution in [0.3, 0.4) is 0 Å². The van der Waals surface area contributed by atoms with Crippen molar-refractivity contribution in [1.29, 1.82) is 0 Å². The summed E-state index contributed by atoms with van der Waals surface area (Å²) in [5.41, 5.74) is 0.0887. The smallest absolute Gasteiger partial charge is 0.347 e. The number of sulfonamides is 1. The van der Waals surface area contributed by atoms with Gasteiger partial charge in [-0.05, 0) is 30.4 Å². The third-order valence-corrected chi connectivity index (χ3v) is 4.47. The minimum Gasteiger partial charge on any atom is -0.423 e. The largest absolute Gasteiger partial charge is 0.423 e. The number of nitrogens with zero attached hydrogens (tertiary/aromatic N) is 2. The molecule has 22 heavy (non-hydrogen) atoms. The fourth-order valence-electron chi connectivity index (χ4n) is 2.07. The number of halogens is 1. The Morgan fingerprint density at radius 2 is 2.18 bits per heavy atom. The molecule has 0 radical (unpaired) electrons. The van der Waals surface area contributed by atoms with Crippen LogP contribution in [-0.4, -0.2) is 37.4 Å². The van der Waals surface area contributed by atoms with Crippen molar-refractivity contribution in [2.24, 2.45) is 4.40 Å². The number of benzene rings is 1. The molecule has 3 rings (SSSR count). The first kappa shape index (κ1) is 14.8. The molecule has 0 atom stereocenters. The van der Waals surface area contributed by atoms with Crippen LogP contribution < -0.4 is 4.74 Å². The maximum Gasteiger partial charge on any atom is 0.347 e. The summed E-state index contributed by atoms with van der Waals surface area (Å²) in [5, 5.41) is 0.432. The van der Waals surface area contributed by atoms with E-state index in [1.165, 1.54) is 12.1 Å². The van der Waals surface area contributed by atoms with Gasteiger partial charge < -0.3 is 9.64 Å². The fraction of sp³-hybridized carbons (Fsp3) is 0.143. The maximum absolute atomic E-state index is 12.3. The molecule has 0 spiro atoms. The molecule has 0 saturated carbocycles. The van der Waals surface area contributed by atoms with Crippen LogP contribution in [0.4, 0.5) is 0 Å². The number of carbonyl (C=O) groups excluding carboxylic acids is 1. The first-order valence-electron chi connectivity index (χ1n) is 6.40. The molecule has 0 aromatic heterocycles.